The van der Waals surface area contributed by atoms with Crippen LogP contribution in [0.2, 0.25) is 0 Å². The van der Waals surface area contributed by atoms with Gasteiger partial charge in [-0.3, -0.25) is 9.78 Å². The molecular weight excluding hydrogens is 252 g/mol. The van der Waals surface area contributed by atoms with Gasteiger partial charge >= 0.3 is 0 Å². The highest BCUT2D eigenvalue weighted by molar-refractivity contribution is 5.95. The Hall–Kier alpha value is -2.20. The van der Waals surface area contributed by atoms with Gasteiger partial charge in [0.15, 0.2) is 0 Å². The van der Waals surface area contributed by atoms with E-state index < -0.39 is 6.10 Å². The van der Waals surface area contributed by atoms with Crippen molar-refractivity contribution < 1.29 is 9.90 Å². The van der Waals surface area contributed by atoms with Crippen LogP contribution in [-0.2, 0) is 0 Å². The Labute approximate surface area is 118 Å². The molecule has 0 aliphatic heterocycles. The first-order valence-electron chi connectivity index (χ1n) is 6.54. The quantitative estimate of drug-likeness (QED) is 0.895. The first kappa shape index (κ1) is 14.2. The second-order valence-electron chi connectivity index (χ2n) is 4.89. The van der Waals surface area contributed by atoms with Crippen LogP contribution in [0.1, 0.15) is 22.8 Å². The molecule has 0 saturated heterocycles. The number of amides is 1. The highest BCUT2D eigenvalue weighted by Gasteiger charge is 2.08. The molecule has 104 valence electrons. The molecule has 2 aromatic rings. The van der Waals surface area contributed by atoms with Gasteiger partial charge in [-0.2, -0.15) is 0 Å². The molecule has 0 fully saturated rings. The van der Waals surface area contributed by atoms with E-state index in [1.165, 1.54) is 6.20 Å². The molecule has 1 atom stereocenters. The van der Waals surface area contributed by atoms with Crippen LogP contribution < -0.4 is 5.32 Å². The van der Waals surface area contributed by atoms with Crippen LogP contribution in [0.4, 0.5) is 0 Å². The van der Waals surface area contributed by atoms with Crippen molar-refractivity contribution >= 4 is 5.91 Å². The lowest BCUT2D eigenvalue weighted by molar-refractivity contribution is 0.0923. The molecule has 0 radical (unpaired) electrons. The maximum absolute atomic E-state index is 11.9. The predicted octanol–water partition coefficient (Wildman–Crippen LogP) is 2.17. The fraction of sp³-hybridized carbons (Fsp3) is 0.250. The maximum atomic E-state index is 11.9. The van der Waals surface area contributed by atoms with Crippen molar-refractivity contribution in [3.8, 4) is 11.1 Å². The van der Waals surface area contributed by atoms with Crippen molar-refractivity contribution in [3.63, 3.8) is 0 Å². The fourth-order valence-electron chi connectivity index (χ4n) is 1.89. The van der Waals surface area contributed by atoms with Crippen LogP contribution in [0.25, 0.3) is 11.1 Å². The Morgan fingerprint density at radius 1 is 1.30 bits per heavy atom. The van der Waals surface area contributed by atoms with Crippen LogP contribution in [0.5, 0.6) is 0 Å². The van der Waals surface area contributed by atoms with Crippen LogP contribution in [0, 0.1) is 6.92 Å². The molecule has 1 unspecified atom stereocenters. The minimum absolute atomic E-state index is 0.229. The summed E-state index contributed by atoms with van der Waals surface area (Å²) in [4.78, 5) is 16.1. The number of aliphatic hydroxyl groups excluding tert-OH is 1. The second kappa shape index (κ2) is 6.30. The SMILES string of the molecule is Cc1cccc(-c2cncc(C(=O)NCC(C)O)c2)c1. The van der Waals surface area contributed by atoms with E-state index in [-0.39, 0.29) is 12.5 Å². The molecule has 1 aromatic heterocycles. The van der Waals surface area contributed by atoms with E-state index in [0.717, 1.165) is 16.7 Å². The number of pyridine rings is 1. The number of aliphatic hydroxyl groups is 1. The molecular formula is C16H18N2O2. The third-order valence-electron chi connectivity index (χ3n) is 2.91. The maximum Gasteiger partial charge on any atom is 0.252 e. The summed E-state index contributed by atoms with van der Waals surface area (Å²) < 4.78 is 0. The van der Waals surface area contributed by atoms with E-state index in [0.29, 0.717) is 5.56 Å². The Morgan fingerprint density at radius 2 is 2.10 bits per heavy atom. The number of nitrogens with zero attached hydrogens (tertiary/aromatic N) is 1. The number of rotatable bonds is 4. The van der Waals surface area contributed by atoms with Crippen LogP contribution in [0.15, 0.2) is 42.7 Å². The predicted molar refractivity (Wildman–Crippen MR) is 78.4 cm³/mol. The van der Waals surface area contributed by atoms with Crippen LogP contribution in [-0.4, -0.2) is 28.6 Å². The summed E-state index contributed by atoms with van der Waals surface area (Å²) in [5, 5.41) is 11.8. The van der Waals surface area contributed by atoms with Gasteiger partial charge in [0.2, 0.25) is 0 Å². The average molecular weight is 270 g/mol. The molecule has 0 spiro atoms. The first-order valence-corrected chi connectivity index (χ1v) is 6.54. The molecule has 4 nitrogen and oxygen atoms in total. The zero-order valence-electron chi connectivity index (χ0n) is 11.6. The number of hydrogen-bond donors (Lipinski definition) is 2. The molecule has 2 N–H and O–H groups in total. The second-order valence-corrected chi connectivity index (χ2v) is 4.89. The third kappa shape index (κ3) is 3.65. The van der Waals surface area contributed by atoms with E-state index in [1.807, 2.05) is 25.1 Å². The number of aryl methyl sites for hydroxylation is 1. The van der Waals surface area contributed by atoms with Gasteiger partial charge in [-0.15, -0.1) is 0 Å². The Bertz CT molecular complexity index is 609. The van der Waals surface area contributed by atoms with Gasteiger partial charge in [0.25, 0.3) is 5.91 Å². The Kier molecular flexibility index (Phi) is 4.48. The lowest BCUT2D eigenvalue weighted by Gasteiger charge is -2.08. The standard InChI is InChI=1S/C16H18N2O2/c1-11-4-3-5-13(6-11)14-7-15(10-17-9-14)16(20)18-8-12(2)19/h3-7,9-10,12,19H,8H2,1-2H3,(H,18,20). The number of nitrogens with one attached hydrogen (secondary N) is 1. The highest BCUT2D eigenvalue weighted by Crippen LogP contribution is 2.20. The molecule has 4 heteroatoms. The van der Waals surface area contributed by atoms with E-state index in [2.05, 4.69) is 16.4 Å². The van der Waals surface area contributed by atoms with Gasteiger partial charge in [-0.05, 0) is 25.5 Å². The largest absolute Gasteiger partial charge is 0.392 e. The smallest absolute Gasteiger partial charge is 0.252 e. The Balaban J connectivity index is 2.22. The summed E-state index contributed by atoms with van der Waals surface area (Å²) in [6.45, 7) is 3.88. The molecule has 1 heterocycles. The van der Waals surface area contributed by atoms with Crippen LogP contribution in [0.3, 0.4) is 0 Å². The van der Waals surface area contributed by atoms with Gasteiger partial charge in [0.1, 0.15) is 0 Å². The van der Waals surface area contributed by atoms with Gasteiger partial charge in [0.05, 0.1) is 11.7 Å². The molecule has 0 bridgehead atoms. The summed E-state index contributed by atoms with van der Waals surface area (Å²) in [5.41, 5.74) is 3.58. The van der Waals surface area contributed by atoms with Crippen molar-refractivity contribution in [2.75, 3.05) is 6.54 Å². The van der Waals surface area contributed by atoms with Gasteiger partial charge in [-0.25, -0.2) is 0 Å². The highest BCUT2D eigenvalue weighted by atomic mass is 16.3. The van der Waals surface area contributed by atoms with Crippen molar-refractivity contribution in [1.29, 1.82) is 0 Å². The van der Waals surface area contributed by atoms with Crippen molar-refractivity contribution in [1.82, 2.24) is 10.3 Å². The van der Waals surface area contributed by atoms with Crippen molar-refractivity contribution in [2.45, 2.75) is 20.0 Å². The summed E-state index contributed by atoms with van der Waals surface area (Å²) in [6.07, 6.45) is 2.70. The van der Waals surface area contributed by atoms with E-state index in [1.54, 1.807) is 19.2 Å². The number of carbonyl (C=O) groups is 1. The van der Waals surface area contributed by atoms with Crippen molar-refractivity contribution in [2.24, 2.45) is 0 Å². The number of carbonyl (C=O) groups excluding carboxylic acids is 1. The normalized spacial score (nSPS) is 11.9. The molecule has 0 saturated carbocycles. The summed E-state index contributed by atoms with van der Waals surface area (Å²) >= 11 is 0. The molecule has 20 heavy (non-hydrogen) atoms. The third-order valence-corrected chi connectivity index (χ3v) is 2.91. The van der Waals surface area contributed by atoms with Gasteiger partial charge in [-0.1, -0.05) is 29.8 Å². The van der Waals surface area contributed by atoms with E-state index in [9.17, 15) is 9.90 Å². The Morgan fingerprint density at radius 3 is 2.80 bits per heavy atom. The number of aromatic nitrogens is 1. The number of hydrogen-bond acceptors (Lipinski definition) is 3. The molecule has 1 aromatic carbocycles. The monoisotopic (exact) mass is 270 g/mol. The average Bonchev–Trinajstić information content (AvgIpc) is 2.45. The molecule has 1 amide bonds. The summed E-state index contributed by atoms with van der Waals surface area (Å²) in [7, 11) is 0. The minimum Gasteiger partial charge on any atom is -0.392 e. The fourth-order valence-corrected chi connectivity index (χ4v) is 1.89. The van der Waals surface area contributed by atoms with Gasteiger partial charge < -0.3 is 10.4 Å². The lowest BCUT2D eigenvalue weighted by Crippen LogP contribution is -2.30. The van der Waals surface area contributed by atoms with Crippen molar-refractivity contribution in [3.05, 3.63) is 53.9 Å². The minimum atomic E-state index is -0.563. The van der Waals surface area contributed by atoms with E-state index in [4.69, 9.17) is 0 Å². The zero-order chi connectivity index (χ0) is 14.5. The first-order chi connectivity index (χ1) is 9.56. The number of benzene rings is 1. The molecule has 2 rings (SSSR count). The zero-order valence-corrected chi connectivity index (χ0v) is 11.6. The van der Waals surface area contributed by atoms with Gasteiger partial charge in [0, 0.05) is 24.5 Å². The lowest BCUT2D eigenvalue weighted by atomic mass is 10.0. The summed E-state index contributed by atoms with van der Waals surface area (Å²) in [5.74, 6) is -0.229. The molecule has 0 aliphatic rings. The van der Waals surface area contributed by atoms with Crippen LogP contribution >= 0.6 is 0 Å². The van der Waals surface area contributed by atoms with E-state index >= 15 is 0 Å². The summed E-state index contributed by atoms with van der Waals surface area (Å²) in [6, 6.07) is 9.84. The topological polar surface area (TPSA) is 62.2 Å². The molecule has 0 aliphatic carbocycles.